The average molecular weight is 439 g/mol. The quantitative estimate of drug-likeness (QED) is 0.329. The highest BCUT2D eigenvalue weighted by Gasteiger charge is 2.27. The number of nitrogens with zero attached hydrogens (tertiary/aromatic N) is 4. The lowest BCUT2D eigenvalue weighted by Gasteiger charge is -2.35. The van der Waals surface area contributed by atoms with Crippen LogP contribution in [0.5, 0.6) is 5.75 Å². The van der Waals surface area contributed by atoms with Crippen molar-refractivity contribution in [3.63, 3.8) is 0 Å². The van der Waals surface area contributed by atoms with Crippen LogP contribution in [-0.2, 0) is 13.2 Å². The van der Waals surface area contributed by atoms with Crippen molar-refractivity contribution in [1.29, 1.82) is 0 Å². The number of para-hydroxylation sites is 2. The zero-order chi connectivity index (χ0) is 22.3. The maximum Gasteiger partial charge on any atom is 0.232 e. The van der Waals surface area contributed by atoms with Crippen molar-refractivity contribution < 1.29 is 4.74 Å². The summed E-state index contributed by atoms with van der Waals surface area (Å²) in [6, 6.07) is 31.4. The number of aromatic nitrogens is 3. The van der Waals surface area contributed by atoms with E-state index in [1.807, 2.05) is 36.4 Å². The molecular weight excluding hydrogens is 408 g/mol. The maximum absolute atomic E-state index is 6.07. The third-order valence-electron chi connectivity index (χ3n) is 6.31. The van der Waals surface area contributed by atoms with Crippen LogP contribution in [0.3, 0.4) is 0 Å². The number of hydrogen-bond donors (Lipinski definition) is 0. The van der Waals surface area contributed by atoms with Gasteiger partial charge in [-0.1, -0.05) is 86.0 Å². The van der Waals surface area contributed by atoms with Crippen molar-refractivity contribution in [2.24, 2.45) is 0 Å². The van der Waals surface area contributed by atoms with Crippen molar-refractivity contribution >= 4 is 5.95 Å². The molecule has 5 rings (SSSR count). The molecule has 4 aromatic rings. The summed E-state index contributed by atoms with van der Waals surface area (Å²) in [5.74, 6) is 2.52. The molecule has 0 N–H and O–H groups in total. The normalized spacial score (nSPS) is 14.2. The summed E-state index contributed by atoms with van der Waals surface area (Å²) in [4.78, 5) is 2.46. The number of ether oxygens (including phenoxy) is 1. The molecule has 0 spiro atoms. The van der Waals surface area contributed by atoms with Gasteiger partial charge in [-0.25, -0.2) is 0 Å². The monoisotopic (exact) mass is 438 g/mol. The highest BCUT2D eigenvalue weighted by atomic mass is 16.5. The van der Waals surface area contributed by atoms with E-state index in [0.717, 1.165) is 29.8 Å². The van der Waals surface area contributed by atoms with Crippen molar-refractivity contribution in [3.8, 4) is 11.4 Å². The second-order valence-electron chi connectivity index (χ2n) is 8.59. The van der Waals surface area contributed by atoms with E-state index in [4.69, 9.17) is 9.84 Å². The Hall–Kier alpha value is -3.60. The molecule has 0 aliphatic heterocycles. The minimum absolute atomic E-state index is 0.357. The SMILES string of the molecule is c1ccc(CN(c2nnc(COc3ccccc3)n2-c2ccccc2)C2CCCCC2)cc1. The summed E-state index contributed by atoms with van der Waals surface area (Å²) in [6.07, 6.45) is 6.21. The molecule has 0 unspecified atom stereocenters. The van der Waals surface area contributed by atoms with Gasteiger partial charge in [0.1, 0.15) is 12.4 Å². The van der Waals surface area contributed by atoms with Gasteiger partial charge in [-0.2, -0.15) is 0 Å². The fraction of sp³-hybridized carbons (Fsp3) is 0.286. The number of benzene rings is 3. The maximum atomic E-state index is 6.07. The van der Waals surface area contributed by atoms with Gasteiger partial charge < -0.3 is 9.64 Å². The van der Waals surface area contributed by atoms with Gasteiger partial charge >= 0.3 is 0 Å². The highest BCUT2D eigenvalue weighted by molar-refractivity contribution is 5.46. The van der Waals surface area contributed by atoms with Gasteiger partial charge in [-0.05, 0) is 42.7 Å². The molecule has 33 heavy (non-hydrogen) atoms. The Morgan fingerprint density at radius 3 is 2.09 bits per heavy atom. The molecule has 1 saturated carbocycles. The highest BCUT2D eigenvalue weighted by Crippen LogP contribution is 2.30. The lowest BCUT2D eigenvalue weighted by Crippen LogP contribution is -2.38. The Morgan fingerprint density at radius 2 is 1.39 bits per heavy atom. The van der Waals surface area contributed by atoms with E-state index in [0.29, 0.717) is 12.6 Å². The molecule has 0 saturated heterocycles. The fourth-order valence-electron chi connectivity index (χ4n) is 4.63. The van der Waals surface area contributed by atoms with Gasteiger partial charge in [0.2, 0.25) is 5.95 Å². The first-order valence-electron chi connectivity index (χ1n) is 11.9. The summed E-state index contributed by atoms with van der Waals surface area (Å²) in [5, 5.41) is 9.35. The minimum Gasteiger partial charge on any atom is -0.486 e. The summed E-state index contributed by atoms with van der Waals surface area (Å²) >= 11 is 0. The van der Waals surface area contributed by atoms with Gasteiger partial charge in [-0.3, -0.25) is 4.57 Å². The summed E-state index contributed by atoms with van der Waals surface area (Å²) in [7, 11) is 0. The summed E-state index contributed by atoms with van der Waals surface area (Å²) in [6.45, 7) is 1.17. The third kappa shape index (κ3) is 5.08. The molecule has 0 radical (unpaired) electrons. The van der Waals surface area contributed by atoms with Crippen LogP contribution >= 0.6 is 0 Å². The van der Waals surface area contributed by atoms with Crippen LogP contribution in [0.1, 0.15) is 43.5 Å². The van der Waals surface area contributed by atoms with Crippen LogP contribution < -0.4 is 9.64 Å². The standard InChI is InChI=1S/C28H30N4O/c1-5-13-23(14-6-1)21-31(24-15-7-2-8-16-24)28-30-29-27(22-33-26-19-11-4-12-20-26)32(28)25-17-9-3-10-18-25/h1,3-6,9-14,17-20,24H,2,7-8,15-16,21-22H2. The third-order valence-corrected chi connectivity index (χ3v) is 6.31. The molecule has 1 aromatic heterocycles. The first kappa shape index (κ1) is 21.3. The van der Waals surface area contributed by atoms with Crippen LogP contribution in [0.2, 0.25) is 0 Å². The molecule has 5 nitrogen and oxygen atoms in total. The Labute approximate surface area is 195 Å². The Balaban J connectivity index is 1.52. The van der Waals surface area contributed by atoms with Gasteiger partial charge in [0.05, 0.1) is 5.69 Å². The lowest BCUT2D eigenvalue weighted by molar-refractivity contribution is 0.293. The number of rotatable bonds is 8. The molecule has 0 amide bonds. The molecule has 1 aliphatic rings. The zero-order valence-electron chi connectivity index (χ0n) is 18.9. The topological polar surface area (TPSA) is 43.2 Å². The minimum atomic E-state index is 0.357. The molecule has 3 aromatic carbocycles. The van der Waals surface area contributed by atoms with Crippen LogP contribution in [0, 0.1) is 0 Å². The second-order valence-corrected chi connectivity index (χ2v) is 8.59. The molecule has 0 bridgehead atoms. The van der Waals surface area contributed by atoms with Crippen LogP contribution in [0.4, 0.5) is 5.95 Å². The molecule has 1 aliphatic carbocycles. The first-order chi connectivity index (χ1) is 16.4. The molecular formula is C28H30N4O. The average Bonchev–Trinajstić information content (AvgIpc) is 3.32. The largest absolute Gasteiger partial charge is 0.486 e. The van der Waals surface area contributed by atoms with Gasteiger partial charge in [-0.15, -0.1) is 10.2 Å². The van der Waals surface area contributed by atoms with E-state index in [1.54, 1.807) is 0 Å². The van der Waals surface area contributed by atoms with E-state index in [-0.39, 0.29) is 0 Å². The van der Waals surface area contributed by atoms with Crippen LogP contribution in [0.15, 0.2) is 91.0 Å². The molecule has 168 valence electrons. The summed E-state index contributed by atoms with van der Waals surface area (Å²) < 4.78 is 8.24. The Morgan fingerprint density at radius 1 is 0.758 bits per heavy atom. The van der Waals surface area contributed by atoms with Crippen molar-refractivity contribution in [3.05, 3.63) is 102 Å². The number of hydrogen-bond acceptors (Lipinski definition) is 4. The molecule has 0 atom stereocenters. The molecule has 5 heteroatoms. The van der Waals surface area contributed by atoms with Gasteiger partial charge in [0.25, 0.3) is 0 Å². The van der Waals surface area contributed by atoms with E-state index < -0.39 is 0 Å². The van der Waals surface area contributed by atoms with E-state index in [1.165, 1.54) is 37.7 Å². The van der Waals surface area contributed by atoms with Crippen molar-refractivity contribution in [2.75, 3.05) is 4.90 Å². The first-order valence-corrected chi connectivity index (χ1v) is 11.9. The number of anilines is 1. The Kier molecular flexibility index (Phi) is 6.66. The van der Waals surface area contributed by atoms with Crippen LogP contribution in [0.25, 0.3) is 5.69 Å². The van der Waals surface area contributed by atoms with Crippen molar-refractivity contribution in [2.45, 2.75) is 51.3 Å². The van der Waals surface area contributed by atoms with E-state index >= 15 is 0 Å². The lowest BCUT2D eigenvalue weighted by atomic mass is 9.94. The zero-order valence-corrected chi connectivity index (χ0v) is 18.9. The molecule has 1 heterocycles. The molecule has 1 fully saturated rings. The van der Waals surface area contributed by atoms with E-state index in [9.17, 15) is 0 Å². The predicted molar refractivity (Wildman–Crippen MR) is 132 cm³/mol. The van der Waals surface area contributed by atoms with Crippen molar-refractivity contribution in [1.82, 2.24) is 14.8 Å². The predicted octanol–water partition coefficient (Wildman–Crippen LogP) is 6.19. The summed E-state index contributed by atoms with van der Waals surface area (Å²) in [5.41, 5.74) is 2.34. The second kappa shape index (κ2) is 10.3. The smallest absolute Gasteiger partial charge is 0.232 e. The van der Waals surface area contributed by atoms with E-state index in [2.05, 4.69) is 69.2 Å². The van der Waals surface area contributed by atoms with Gasteiger partial charge in [0, 0.05) is 12.6 Å². The van der Waals surface area contributed by atoms with Crippen LogP contribution in [-0.4, -0.2) is 20.8 Å². The Bertz CT molecular complexity index is 1120. The fourth-order valence-corrected chi connectivity index (χ4v) is 4.63. The van der Waals surface area contributed by atoms with Gasteiger partial charge in [0.15, 0.2) is 5.82 Å².